The number of halogens is 3. The highest BCUT2D eigenvalue weighted by atomic mass is 19.3. The molecule has 0 bridgehead atoms. The molecule has 2 amide bonds. The molecular weight excluding hydrogens is 571 g/mol. The van der Waals surface area contributed by atoms with Crippen molar-refractivity contribution in [1.29, 1.82) is 0 Å². The topological polar surface area (TPSA) is 78.0 Å². The number of hydrogen-bond acceptors (Lipinski definition) is 6. The summed E-state index contributed by atoms with van der Waals surface area (Å²) in [7, 11) is 2.02. The number of carbonyl (C=O) groups excluding carboxylic acids is 2. The van der Waals surface area contributed by atoms with Crippen LogP contribution in [-0.2, 0) is 0 Å². The zero-order valence-electron chi connectivity index (χ0n) is 25.2. The number of alkyl halides is 2. The highest BCUT2D eigenvalue weighted by molar-refractivity contribution is 5.99. The van der Waals surface area contributed by atoms with Crippen LogP contribution in [0.5, 0.6) is 5.75 Å². The molecule has 0 aliphatic carbocycles. The van der Waals surface area contributed by atoms with Crippen LogP contribution in [-0.4, -0.2) is 85.1 Å². The number of carbonyl (C=O) groups is 2. The summed E-state index contributed by atoms with van der Waals surface area (Å²) in [6, 6.07) is 14.0. The van der Waals surface area contributed by atoms with E-state index >= 15 is 0 Å². The van der Waals surface area contributed by atoms with Gasteiger partial charge in [-0.2, -0.15) is 0 Å². The van der Waals surface area contributed by atoms with Crippen LogP contribution in [0.4, 0.5) is 18.9 Å². The fourth-order valence-corrected chi connectivity index (χ4v) is 6.05. The van der Waals surface area contributed by atoms with Gasteiger partial charge in [-0.1, -0.05) is 19.1 Å². The lowest BCUT2D eigenvalue weighted by Crippen LogP contribution is -2.55. The predicted octanol–water partition coefficient (Wildman–Crippen LogP) is 5.40. The number of likely N-dealkylation sites (tertiary alicyclic amines) is 1. The van der Waals surface area contributed by atoms with Crippen molar-refractivity contribution in [2.24, 2.45) is 0 Å². The van der Waals surface area contributed by atoms with Crippen molar-refractivity contribution >= 4 is 17.5 Å². The third-order valence-corrected chi connectivity index (χ3v) is 8.31. The number of benzene rings is 2. The quantitative estimate of drug-likeness (QED) is 0.350. The van der Waals surface area contributed by atoms with Crippen molar-refractivity contribution in [1.82, 2.24) is 20.1 Å². The number of pyridine rings is 1. The second-order valence-electron chi connectivity index (χ2n) is 11.3. The van der Waals surface area contributed by atoms with Crippen molar-refractivity contribution in [2.45, 2.75) is 45.2 Å². The highest BCUT2D eigenvalue weighted by Gasteiger charge is 2.34. The maximum Gasteiger partial charge on any atom is 0.272 e. The summed E-state index contributed by atoms with van der Waals surface area (Å²) in [5, 5.41) is 3.16. The Morgan fingerprint density at radius 2 is 1.84 bits per heavy atom. The molecule has 0 radical (unpaired) electrons. The Labute approximate surface area is 255 Å². The van der Waals surface area contributed by atoms with E-state index in [0.717, 1.165) is 43.3 Å². The van der Waals surface area contributed by atoms with Crippen LogP contribution in [0.15, 0.2) is 54.6 Å². The predicted molar refractivity (Wildman–Crippen MR) is 163 cm³/mol. The first-order chi connectivity index (χ1) is 21.2. The molecule has 2 aromatic carbocycles. The lowest BCUT2D eigenvalue weighted by molar-refractivity contribution is 0.0708. The van der Waals surface area contributed by atoms with Crippen LogP contribution < -0.4 is 15.0 Å². The molecule has 8 nitrogen and oxygen atoms in total. The van der Waals surface area contributed by atoms with Crippen molar-refractivity contribution in [3.8, 4) is 17.0 Å². The van der Waals surface area contributed by atoms with Gasteiger partial charge in [-0.25, -0.2) is 18.2 Å². The highest BCUT2D eigenvalue weighted by Crippen LogP contribution is 2.33. The van der Waals surface area contributed by atoms with Gasteiger partial charge in [0, 0.05) is 55.0 Å². The SMILES string of the molecule is CCOc1ccccc1-c1ccc(N2CCN(C(=O)c3ccc(F)cc3C(F)F)C[C@H]2CC)c(C(=O)N[C@@H]2CCN(C)C2)n1. The number of amides is 2. The van der Waals surface area contributed by atoms with E-state index in [1.807, 2.05) is 57.3 Å². The van der Waals surface area contributed by atoms with E-state index in [1.165, 1.54) is 4.90 Å². The number of piperazine rings is 1. The van der Waals surface area contributed by atoms with Crippen molar-refractivity contribution in [3.05, 3.63) is 77.2 Å². The standard InChI is InChI=1S/C33H38F3N5O3/c1-4-23-20-40(33(43)24-11-10-21(34)18-26(24)31(35)36)16-17-41(23)28-13-12-27(25-8-6-7-9-29(25)44-5-2)38-30(28)32(42)37-22-14-15-39(3)19-22/h6-13,18,22-23,31H,4-5,14-17,19-20H2,1-3H3,(H,37,42)/t22-,23-/m1/s1. The van der Waals surface area contributed by atoms with Crippen LogP contribution in [0.1, 0.15) is 59.5 Å². The summed E-state index contributed by atoms with van der Waals surface area (Å²) in [4.78, 5) is 37.9. The van der Waals surface area contributed by atoms with Gasteiger partial charge in [-0.15, -0.1) is 0 Å². The molecule has 3 heterocycles. The fourth-order valence-electron chi connectivity index (χ4n) is 6.05. The van der Waals surface area contributed by atoms with E-state index in [0.29, 0.717) is 36.7 Å². The minimum Gasteiger partial charge on any atom is -0.493 e. The van der Waals surface area contributed by atoms with E-state index in [1.54, 1.807) is 0 Å². The largest absolute Gasteiger partial charge is 0.493 e. The number of anilines is 1. The monoisotopic (exact) mass is 609 g/mol. The molecule has 44 heavy (non-hydrogen) atoms. The molecular formula is C33H38F3N5O3. The van der Waals surface area contributed by atoms with Gasteiger partial charge in [0.05, 0.1) is 18.0 Å². The fraction of sp³-hybridized carbons (Fsp3) is 0.424. The van der Waals surface area contributed by atoms with Crippen LogP contribution in [0.2, 0.25) is 0 Å². The van der Waals surface area contributed by atoms with Gasteiger partial charge in [-0.3, -0.25) is 9.59 Å². The van der Waals surface area contributed by atoms with Gasteiger partial charge in [0.1, 0.15) is 11.6 Å². The van der Waals surface area contributed by atoms with Crippen molar-refractivity contribution in [3.63, 3.8) is 0 Å². The van der Waals surface area contributed by atoms with Gasteiger partial charge in [0.25, 0.3) is 18.2 Å². The smallest absolute Gasteiger partial charge is 0.272 e. The van der Waals surface area contributed by atoms with E-state index in [4.69, 9.17) is 9.72 Å². The van der Waals surface area contributed by atoms with E-state index in [9.17, 15) is 22.8 Å². The Hall–Kier alpha value is -4.12. The summed E-state index contributed by atoms with van der Waals surface area (Å²) < 4.78 is 46.9. The first kappa shape index (κ1) is 31.3. The summed E-state index contributed by atoms with van der Waals surface area (Å²) in [5.41, 5.74) is 1.47. The number of rotatable bonds is 9. The summed E-state index contributed by atoms with van der Waals surface area (Å²) in [6.45, 7) is 6.84. The second kappa shape index (κ2) is 13.7. The van der Waals surface area contributed by atoms with Crippen molar-refractivity contribution in [2.75, 3.05) is 51.3 Å². The zero-order valence-corrected chi connectivity index (χ0v) is 25.2. The zero-order chi connectivity index (χ0) is 31.4. The Balaban J connectivity index is 1.46. The molecule has 1 aromatic heterocycles. The number of aromatic nitrogens is 1. The third-order valence-electron chi connectivity index (χ3n) is 8.31. The summed E-state index contributed by atoms with van der Waals surface area (Å²) in [5.74, 6) is -0.996. The minimum atomic E-state index is -2.98. The number of nitrogens with one attached hydrogen (secondary N) is 1. The van der Waals surface area contributed by atoms with Crippen LogP contribution >= 0.6 is 0 Å². The van der Waals surface area contributed by atoms with Gasteiger partial charge in [-0.05, 0) is 75.8 Å². The maximum atomic E-state index is 13.8. The van der Waals surface area contributed by atoms with Gasteiger partial charge in [0.2, 0.25) is 0 Å². The number of hydrogen-bond donors (Lipinski definition) is 1. The average molecular weight is 610 g/mol. The van der Waals surface area contributed by atoms with E-state index in [-0.39, 0.29) is 42.3 Å². The number of para-hydroxylation sites is 1. The lowest BCUT2D eigenvalue weighted by atomic mass is 10.0. The Kier molecular flexibility index (Phi) is 9.73. The number of likely N-dealkylation sites (N-methyl/N-ethyl adjacent to an activating group) is 1. The minimum absolute atomic E-state index is 0.00213. The van der Waals surface area contributed by atoms with Crippen LogP contribution in [0.3, 0.4) is 0 Å². The first-order valence-corrected chi connectivity index (χ1v) is 15.1. The molecule has 2 aliphatic heterocycles. The van der Waals surface area contributed by atoms with Crippen molar-refractivity contribution < 1.29 is 27.5 Å². The average Bonchev–Trinajstić information content (AvgIpc) is 3.44. The Morgan fingerprint density at radius 1 is 1.05 bits per heavy atom. The van der Waals surface area contributed by atoms with Gasteiger partial charge in [0.15, 0.2) is 5.69 Å². The maximum absolute atomic E-state index is 13.8. The molecule has 234 valence electrons. The molecule has 0 saturated carbocycles. The molecule has 2 saturated heterocycles. The number of nitrogens with zero attached hydrogens (tertiary/aromatic N) is 4. The second-order valence-corrected chi connectivity index (χ2v) is 11.3. The molecule has 2 aliphatic rings. The molecule has 0 unspecified atom stereocenters. The molecule has 0 spiro atoms. The van der Waals surface area contributed by atoms with Crippen LogP contribution in [0, 0.1) is 5.82 Å². The molecule has 3 aromatic rings. The summed E-state index contributed by atoms with van der Waals surface area (Å²) >= 11 is 0. The third kappa shape index (κ3) is 6.67. The van der Waals surface area contributed by atoms with E-state index in [2.05, 4.69) is 15.1 Å². The normalized spacial score (nSPS) is 19.0. The lowest BCUT2D eigenvalue weighted by Gasteiger charge is -2.43. The molecule has 1 N–H and O–H groups in total. The Bertz CT molecular complexity index is 1500. The molecule has 5 rings (SSSR count). The first-order valence-electron chi connectivity index (χ1n) is 15.1. The molecule has 2 fully saturated rings. The summed E-state index contributed by atoms with van der Waals surface area (Å²) in [6.07, 6.45) is -1.52. The Morgan fingerprint density at radius 3 is 2.55 bits per heavy atom. The van der Waals surface area contributed by atoms with Gasteiger partial charge >= 0.3 is 0 Å². The van der Waals surface area contributed by atoms with E-state index < -0.39 is 23.7 Å². The number of ether oxygens (including phenoxy) is 1. The molecule has 2 atom stereocenters. The van der Waals surface area contributed by atoms with Gasteiger partial charge < -0.3 is 24.8 Å². The van der Waals surface area contributed by atoms with Crippen LogP contribution in [0.25, 0.3) is 11.3 Å². The molecule has 11 heteroatoms.